The van der Waals surface area contributed by atoms with Crippen molar-refractivity contribution in [3.05, 3.63) is 0 Å². The second-order valence-electron chi connectivity index (χ2n) is 4.78. The highest BCUT2D eigenvalue weighted by molar-refractivity contribution is 5.81. The Hall–Kier alpha value is -0.410. The molecule has 1 heterocycles. The molecule has 80 valence electrons. The van der Waals surface area contributed by atoms with Gasteiger partial charge in [0, 0.05) is 44.6 Å². The van der Waals surface area contributed by atoms with E-state index in [0.29, 0.717) is 17.9 Å². The summed E-state index contributed by atoms with van der Waals surface area (Å²) < 4.78 is 0. The Morgan fingerprint density at radius 1 is 1.36 bits per heavy atom. The largest absolute Gasteiger partial charge is 0.304 e. The van der Waals surface area contributed by atoms with Crippen molar-refractivity contribution in [2.45, 2.75) is 38.3 Å². The van der Waals surface area contributed by atoms with Gasteiger partial charge in [-0.05, 0) is 20.4 Å². The Balaban J connectivity index is 1.94. The number of rotatable bonds is 1. The standard InChI is InChI=1S/C11H20N2O/c1-9-8-12(2)5-6-13(9)10-3-4-11(14)7-10/h9-10H,3-8H2,1-2H3. The van der Waals surface area contributed by atoms with Crippen molar-refractivity contribution in [3.8, 4) is 0 Å². The van der Waals surface area contributed by atoms with Crippen LogP contribution in [-0.4, -0.2) is 54.3 Å². The summed E-state index contributed by atoms with van der Waals surface area (Å²) >= 11 is 0. The van der Waals surface area contributed by atoms with Crippen LogP contribution < -0.4 is 0 Å². The third kappa shape index (κ3) is 1.98. The van der Waals surface area contributed by atoms with Crippen molar-refractivity contribution in [2.75, 3.05) is 26.7 Å². The lowest BCUT2D eigenvalue weighted by Gasteiger charge is -2.41. The smallest absolute Gasteiger partial charge is 0.134 e. The van der Waals surface area contributed by atoms with E-state index in [1.807, 2.05) is 0 Å². The summed E-state index contributed by atoms with van der Waals surface area (Å²) in [6, 6.07) is 1.16. The second kappa shape index (κ2) is 3.99. The number of Topliss-reactive ketones (excluding diaryl/α,β-unsaturated/α-hetero) is 1. The van der Waals surface area contributed by atoms with Gasteiger partial charge in [-0.15, -0.1) is 0 Å². The topological polar surface area (TPSA) is 23.6 Å². The molecule has 2 atom stereocenters. The highest BCUT2D eigenvalue weighted by atomic mass is 16.1. The molecule has 1 saturated heterocycles. The first-order valence-electron chi connectivity index (χ1n) is 5.63. The molecule has 0 radical (unpaired) electrons. The van der Waals surface area contributed by atoms with Gasteiger partial charge < -0.3 is 4.90 Å². The number of hydrogen-bond acceptors (Lipinski definition) is 3. The highest BCUT2D eigenvalue weighted by Crippen LogP contribution is 2.24. The van der Waals surface area contributed by atoms with E-state index < -0.39 is 0 Å². The molecule has 0 N–H and O–H groups in total. The maximum absolute atomic E-state index is 11.2. The van der Waals surface area contributed by atoms with Crippen molar-refractivity contribution in [1.29, 1.82) is 0 Å². The number of piperazine rings is 1. The first kappa shape index (κ1) is 10.1. The van der Waals surface area contributed by atoms with Crippen LogP contribution in [0.1, 0.15) is 26.2 Å². The molecule has 3 nitrogen and oxygen atoms in total. The van der Waals surface area contributed by atoms with Gasteiger partial charge in [-0.2, -0.15) is 0 Å². The molecular weight excluding hydrogens is 176 g/mol. The summed E-state index contributed by atoms with van der Waals surface area (Å²) in [7, 11) is 2.17. The third-order valence-electron chi connectivity index (χ3n) is 3.57. The normalized spacial score (nSPS) is 36.6. The quantitative estimate of drug-likeness (QED) is 0.618. The highest BCUT2D eigenvalue weighted by Gasteiger charge is 2.32. The predicted molar refractivity (Wildman–Crippen MR) is 56.3 cm³/mol. The SMILES string of the molecule is CC1CN(C)CCN1C1CCC(=O)C1. The Kier molecular flexibility index (Phi) is 2.88. The van der Waals surface area contributed by atoms with Gasteiger partial charge in [0.25, 0.3) is 0 Å². The zero-order chi connectivity index (χ0) is 10.1. The van der Waals surface area contributed by atoms with Gasteiger partial charge in [0.1, 0.15) is 5.78 Å². The molecule has 0 aromatic carbocycles. The maximum atomic E-state index is 11.2. The van der Waals surface area contributed by atoms with Crippen molar-refractivity contribution in [2.24, 2.45) is 0 Å². The molecule has 1 saturated carbocycles. The first-order valence-corrected chi connectivity index (χ1v) is 5.63. The number of carbonyl (C=O) groups is 1. The Labute approximate surface area is 86.1 Å². The lowest BCUT2D eigenvalue weighted by Crippen LogP contribution is -2.53. The maximum Gasteiger partial charge on any atom is 0.134 e. The van der Waals surface area contributed by atoms with Crippen LogP contribution in [0.25, 0.3) is 0 Å². The molecule has 1 aliphatic heterocycles. The van der Waals surface area contributed by atoms with Gasteiger partial charge in [0.2, 0.25) is 0 Å². The van der Waals surface area contributed by atoms with Crippen molar-refractivity contribution in [3.63, 3.8) is 0 Å². The summed E-state index contributed by atoms with van der Waals surface area (Å²) in [5, 5.41) is 0. The Morgan fingerprint density at radius 3 is 2.71 bits per heavy atom. The van der Waals surface area contributed by atoms with Crippen LogP contribution in [0.15, 0.2) is 0 Å². The number of likely N-dealkylation sites (N-methyl/N-ethyl adjacent to an activating group) is 1. The van der Waals surface area contributed by atoms with E-state index in [-0.39, 0.29) is 0 Å². The van der Waals surface area contributed by atoms with E-state index in [2.05, 4.69) is 23.8 Å². The predicted octanol–water partition coefficient (Wildman–Crippen LogP) is 0.744. The summed E-state index contributed by atoms with van der Waals surface area (Å²) in [6.45, 7) is 5.70. The summed E-state index contributed by atoms with van der Waals surface area (Å²) in [6.07, 6.45) is 2.70. The minimum Gasteiger partial charge on any atom is -0.304 e. The first-order chi connectivity index (χ1) is 6.66. The summed E-state index contributed by atoms with van der Waals surface area (Å²) in [4.78, 5) is 16.1. The van der Waals surface area contributed by atoms with Crippen molar-refractivity contribution in [1.82, 2.24) is 9.80 Å². The van der Waals surface area contributed by atoms with Gasteiger partial charge in [-0.3, -0.25) is 9.69 Å². The number of ketones is 1. The minimum absolute atomic E-state index is 0.459. The van der Waals surface area contributed by atoms with E-state index >= 15 is 0 Å². The number of carbonyl (C=O) groups excluding carboxylic acids is 1. The molecule has 14 heavy (non-hydrogen) atoms. The van der Waals surface area contributed by atoms with E-state index in [9.17, 15) is 4.79 Å². The molecule has 0 aromatic rings. The molecule has 0 amide bonds. The van der Waals surface area contributed by atoms with Crippen LogP contribution >= 0.6 is 0 Å². The third-order valence-corrected chi connectivity index (χ3v) is 3.57. The van der Waals surface area contributed by atoms with Crippen LogP contribution in [0.4, 0.5) is 0 Å². The monoisotopic (exact) mass is 196 g/mol. The van der Waals surface area contributed by atoms with E-state index in [4.69, 9.17) is 0 Å². The van der Waals surface area contributed by atoms with Crippen LogP contribution in [0, 0.1) is 0 Å². The van der Waals surface area contributed by atoms with Gasteiger partial charge in [-0.25, -0.2) is 0 Å². The van der Waals surface area contributed by atoms with Crippen LogP contribution in [0.5, 0.6) is 0 Å². The van der Waals surface area contributed by atoms with Gasteiger partial charge in [0.05, 0.1) is 0 Å². The molecule has 2 rings (SSSR count). The van der Waals surface area contributed by atoms with Crippen molar-refractivity contribution < 1.29 is 4.79 Å². The Bertz CT molecular complexity index is 229. The van der Waals surface area contributed by atoms with Gasteiger partial charge in [-0.1, -0.05) is 0 Å². The average Bonchev–Trinajstić information content (AvgIpc) is 2.51. The molecule has 1 aliphatic carbocycles. The lowest BCUT2D eigenvalue weighted by atomic mass is 10.1. The van der Waals surface area contributed by atoms with Gasteiger partial charge in [0.15, 0.2) is 0 Å². The van der Waals surface area contributed by atoms with Crippen LogP contribution in [-0.2, 0) is 4.79 Å². The summed E-state index contributed by atoms with van der Waals surface area (Å²) in [5.74, 6) is 0.459. The zero-order valence-electron chi connectivity index (χ0n) is 9.20. The molecule has 0 aromatic heterocycles. The average molecular weight is 196 g/mol. The summed E-state index contributed by atoms with van der Waals surface area (Å²) in [5.41, 5.74) is 0. The molecule has 0 spiro atoms. The molecule has 2 aliphatic rings. The number of nitrogens with zero attached hydrogens (tertiary/aromatic N) is 2. The zero-order valence-corrected chi connectivity index (χ0v) is 9.20. The van der Waals surface area contributed by atoms with Gasteiger partial charge >= 0.3 is 0 Å². The van der Waals surface area contributed by atoms with Crippen molar-refractivity contribution >= 4 is 5.78 Å². The second-order valence-corrected chi connectivity index (χ2v) is 4.78. The minimum atomic E-state index is 0.459. The number of hydrogen-bond donors (Lipinski definition) is 0. The Morgan fingerprint density at radius 2 is 2.14 bits per heavy atom. The fourth-order valence-corrected chi connectivity index (χ4v) is 2.77. The lowest BCUT2D eigenvalue weighted by molar-refractivity contribution is -0.117. The molecule has 0 bridgehead atoms. The van der Waals surface area contributed by atoms with E-state index in [0.717, 1.165) is 38.9 Å². The molecule has 2 unspecified atom stereocenters. The molecule has 2 fully saturated rings. The van der Waals surface area contributed by atoms with E-state index in [1.165, 1.54) is 0 Å². The molecule has 3 heteroatoms. The molecular formula is C11H20N2O. The van der Waals surface area contributed by atoms with Crippen LogP contribution in [0.2, 0.25) is 0 Å². The fraction of sp³-hybridized carbons (Fsp3) is 0.909. The van der Waals surface area contributed by atoms with Crippen LogP contribution in [0.3, 0.4) is 0 Å². The van der Waals surface area contributed by atoms with E-state index in [1.54, 1.807) is 0 Å². The fourth-order valence-electron chi connectivity index (χ4n) is 2.77.